The maximum Gasteiger partial charge on any atom is 0.203 e. The number of rotatable bonds is 3. The smallest absolute Gasteiger partial charge is 0.203 e. The summed E-state index contributed by atoms with van der Waals surface area (Å²) < 4.78 is 7.19. The standard InChI is InChI=1S/C13H19N5O/c1-19-9-11-3-2-6-17(7-4-11)12-13-16-15-10-18(13)8-5-14-12/h5,8,10-11H,2-4,6-7,9H2,1H3. The molecule has 19 heavy (non-hydrogen) atoms. The zero-order chi connectivity index (χ0) is 13.1. The number of anilines is 1. The van der Waals surface area contributed by atoms with Crippen molar-refractivity contribution >= 4 is 11.5 Å². The third-order valence-electron chi connectivity index (χ3n) is 3.75. The van der Waals surface area contributed by atoms with Gasteiger partial charge in [-0.05, 0) is 25.2 Å². The molecule has 1 unspecified atom stereocenters. The fourth-order valence-corrected chi connectivity index (χ4v) is 2.75. The number of ether oxygens (including phenoxy) is 1. The van der Waals surface area contributed by atoms with E-state index in [0.717, 1.165) is 37.6 Å². The van der Waals surface area contributed by atoms with Crippen molar-refractivity contribution in [3.8, 4) is 0 Å². The summed E-state index contributed by atoms with van der Waals surface area (Å²) in [7, 11) is 1.78. The molecule has 0 spiro atoms. The Labute approximate surface area is 112 Å². The summed E-state index contributed by atoms with van der Waals surface area (Å²) in [6.45, 7) is 2.89. The van der Waals surface area contributed by atoms with Gasteiger partial charge < -0.3 is 9.64 Å². The minimum absolute atomic E-state index is 0.660. The van der Waals surface area contributed by atoms with E-state index in [-0.39, 0.29) is 0 Å². The number of methoxy groups -OCH3 is 1. The highest BCUT2D eigenvalue weighted by atomic mass is 16.5. The van der Waals surface area contributed by atoms with Gasteiger partial charge in [0.1, 0.15) is 6.33 Å². The van der Waals surface area contributed by atoms with Crippen molar-refractivity contribution < 1.29 is 4.74 Å². The van der Waals surface area contributed by atoms with Crippen molar-refractivity contribution in [3.63, 3.8) is 0 Å². The average Bonchev–Trinajstić information content (AvgIpc) is 2.79. The predicted molar refractivity (Wildman–Crippen MR) is 72.2 cm³/mol. The van der Waals surface area contributed by atoms with Crippen molar-refractivity contribution in [2.24, 2.45) is 5.92 Å². The van der Waals surface area contributed by atoms with E-state index < -0.39 is 0 Å². The molecule has 0 N–H and O–H groups in total. The van der Waals surface area contributed by atoms with E-state index in [1.165, 1.54) is 12.8 Å². The van der Waals surface area contributed by atoms with Crippen molar-refractivity contribution in [2.75, 3.05) is 31.7 Å². The van der Waals surface area contributed by atoms with E-state index in [2.05, 4.69) is 20.1 Å². The first kappa shape index (κ1) is 12.3. The van der Waals surface area contributed by atoms with Gasteiger partial charge in [0.2, 0.25) is 5.65 Å². The highest BCUT2D eigenvalue weighted by Crippen LogP contribution is 2.23. The van der Waals surface area contributed by atoms with Gasteiger partial charge in [0, 0.05) is 39.2 Å². The lowest BCUT2D eigenvalue weighted by atomic mass is 10.0. The molecule has 1 atom stereocenters. The van der Waals surface area contributed by atoms with Crippen LogP contribution in [0.15, 0.2) is 18.7 Å². The Morgan fingerprint density at radius 2 is 2.32 bits per heavy atom. The van der Waals surface area contributed by atoms with Crippen LogP contribution in [-0.2, 0) is 4.74 Å². The largest absolute Gasteiger partial charge is 0.384 e. The molecule has 1 aliphatic rings. The molecule has 3 heterocycles. The Balaban J connectivity index is 1.80. The highest BCUT2D eigenvalue weighted by Gasteiger charge is 2.20. The summed E-state index contributed by atoms with van der Waals surface area (Å²) >= 11 is 0. The second-order valence-electron chi connectivity index (χ2n) is 5.05. The van der Waals surface area contributed by atoms with E-state index in [0.29, 0.717) is 5.92 Å². The van der Waals surface area contributed by atoms with Gasteiger partial charge in [-0.25, -0.2) is 4.98 Å². The van der Waals surface area contributed by atoms with Gasteiger partial charge in [-0.1, -0.05) is 0 Å². The maximum absolute atomic E-state index is 5.28. The van der Waals surface area contributed by atoms with Gasteiger partial charge in [-0.15, -0.1) is 10.2 Å². The summed E-state index contributed by atoms with van der Waals surface area (Å²) in [5.41, 5.74) is 0.840. The summed E-state index contributed by atoms with van der Waals surface area (Å²) in [6.07, 6.45) is 8.94. The Hall–Kier alpha value is -1.69. The molecule has 0 saturated carbocycles. The van der Waals surface area contributed by atoms with Gasteiger partial charge in [-0.3, -0.25) is 4.40 Å². The molecule has 0 amide bonds. The van der Waals surface area contributed by atoms with Crippen LogP contribution in [0, 0.1) is 5.92 Å². The van der Waals surface area contributed by atoms with E-state index in [4.69, 9.17) is 4.74 Å². The molecule has 102 valence electrons. The summed E-state index contributed by atoms with van der Waals surface area (Å²) in [5.74, 6) is 1.60. The molecule has 0 radical (unpaired) electrons. The Morgan fingerprint density at radius 1 is 1.37 bits per heavy atom. The fourth-order valence-electron chi connectivity index (χ4n) is 2.75. The first-order valence-electron chi connectivity index (χ1n) is 6.76. The van der Waals surface area contributed by atoms with E-state index in [1.807, 2.05) is 16.8 Å². The monoisotopic (exact) mass is 261 g/mol. The molecule has 2 aromatic rings. The lowest BCUT2D eigenvalue weighted by Gasteiger charge is -2.21. The van der Waals surface area contributed by atoms with Gasteiger partial charge in [0.05, 0.1) is 0 Å². The number of hydrogen-bond acceptors (Lipinski definition) is 5. The van der Waals surface area contributed by atoms with Crippen molar-refractivity contribution in [3.05, 3.63) is 18.7 Å². The first-order valence-corrected chi connectivity index (χ1v) is 6.76. The van der Waals surface area contributed by atoms with Crippen LogP contribution in [0.4, 0.5) is 5.82 Å². The second-order valence-corrected chi connectivity index (χ2v) is 5.05. The minimum Gasteiger partial charge on any atom is -0.384 e. The Bertz CT molecular complexity index is 541. The lowest BCUT2D eigenvalue weighted by Crippen LogP contribution is -2.26. The molecule has 0 bridgehead atoms. The Morgan fingerprint density at radius 3 is 3.21 bits per heavy atom. The minimum atomic E-state index is 0.660. The van der Waals surface area contributed by atoms with Crippen LogP contribution < -0.4 is 4.90 Å². The highest BCUT2D eigenvalue weighted by molar-refractivity contribution is 5.63. The maximum atomic E-state index is 5.28. The van der Waals surface area contributed by atoms with Crippen LogP contribution in [0.2, 0.25) is 0 Å². The van der Waals surface area contributed by atoms with Gasteiger partial charge in [0.15, 0.2) is 5.82 Å². The molecule has 0 aliphatic carbocycles. The van der Waals surface area contributed by atoms with Crippen LogP contribution in [0.25, 0.3) is 5.65 Å². The number of hydrogen-bond donors (Lipinski definition) is 0. The summed E-state index contributed by atoms with van der Waals surface area (Å²) in [6, 6.07) is 0. The quantitative estimate of drug-likeness (QED) is 0.835. The van der Waals surface area contributed by atoms with Crippen LogP contribution in [0.5, 0.6) is 0 Å². The SMILES string of the molecule is COCC1CCCN(c2nccn3cnnc23)CC1. The number of aromatic nitrogens is 4. The van der Waals surface area contributed by atoms with E-state index in [1.54, 1.807) is 13.4 Å². The van der Waals surface area contributed by atoms with Crippen molar-refractivity contribution in [1.82, 2.24) is 19.6 Å². The Kier molecular flexibility index (Phi) is 3.59. The zero-order valence-electron chi connectivity index (χ0n) is 11.2. The average molecular weight is 261 g/mol. The molecule has 1 fully saturated rings. The van der Waals surface area contributed by atoms with Gasteiger partial charge >= 0.3 is 0 Å². The molecule has 1 saturated heterocycles. The predicted octanol–water partition coefficient (Wildman–Crippen LogP) is 1.38. The van der Waals surface area contributed by atoms with E-state index in [9.17, 15) is 0 Å². The number of fused-ring (bicyclic) bond motifs is 1. The molecular formula is C13H19N5O. The molecule has 2 aromatic heterocycles. The molecular weight excluding hydrogens is 242 g/mol. The van der Waals surface area contributed by atoms with Crippen LogP contribution in [-0.4, -0.2) is 46.4 Å². The lowest BCUT2D eigenvalue weighted by molar-refractivity contribution is 0.146. The first-order chi connectivity index (χ1) is 9.38. The summed E-state index contributed by atoms with van der Waals surface area (Å²) in [4.78, 5) is 6.81. The van der Waals surface area contributed by atoms with Crippen LogP contribution in [0.1, 0.15) is 19.3 Å². The molecule has 1 aliphatic heterocycles. The second kappa shape index (κ2) is 5.52. The van der Waals surface area contributed by atoms with Crippen LogP contribution in [0.3, 0.4) is 0 Å². The molecule has 0 aromatic carbocycles. The third kappa shape index (κ3) is 2.53. The van der Waals surface area contributed by atoms with Gasteiger partial charge in [0.25, 0.3) is 0 Å². The molecule has 6 heteroatoms. The fraction of sp³-hybridized carbons (Fsp3) is 0.615. The normalized spacial score (nSPS) is 20.7. The topological polar surface area (TPSA) is 55.5 Å². The molecule has 6 nitrogen and oxygen atoms in total. The van der Waals surface area contributed by atoms with Crippen LogP contribution >= 0.6 is 0 Å². The van der Waals surface area contributed by atoms with Crippen molar-refractivity contribution in [1.29, 1.82) is 0 Å². The number of nitrogens with zero attached hydrogens (tertiary/aromatic N) is 5. The molecule has 3 rings (SSSR count). The van der Waals surface area contributed by atoms with Gasteiger partial charge in [-0.2, -0.15) is 0 Å². The summed E-state index contributed by atoms with van der Waals surface area (Å²) in [5, 5.41) is 8.11. The van der Waals surface area contributed by atoms with Crippen molar-refractivity contribution in [2.45, 2.75) is 19.3 Å². The third-order valence-corrected chi connectivity index (χ3v) is 3.75. The van der Waals surface area contributed by atoms with E-state index >= 15 is 0 Å². The zero-order valence-corrected chi connectivity index (χ0v) is 11.2.